The first-order chi connectivity index (χ1) is 4.84. The minimum atomic E-state index is 0.0451. The number of Topliss-reactive ketones (excluding diaryl/α,β-unsaturated/α-hetero) is 1. The molecule has 3 nitrogen and oxygen atoms in total. The van der Waals surface area contributed by atoms with E-state index in [2.05, 4.69) is 9.69 Å². The number of nitrogens with zero attached hydrogens (tertiary/aromatic N) is 1. The Kier molecular flexibility index (Phi) is 2.53. The van der Waals surface area contributed by atoms with E-state index in [0.717, 1.165) is 0 Å². The number of nitrogens with one attached hydrogen (secondary N) is 1. The fourth-order valence-corrected chi connectivity index (χ4v) is 1.13. The Morgan fingerprint density at radius 1 is 1.90 bits per heavy atom. The van der Waals surface area contributed by atoms with Crippen molar-refractivity contribution >= 4 is 17.3 Å². The van der Waals surface area contributed by atoms with Crippen LogP contribution < -0.4 is 5.32 Å². The van der Waals surface area contributed by atoms with Gasteiger partial charge >= 0.3 is 0 Å². The summed E-state index contributed by atoms with van der Waals surface area (Å²) in [5.74, 6) is 0.0451. The van der Waals surface area contributed by atoms with Gasteiger partial charge in [-0.3, -0.25) is 4.79 Å². The van der Waals surface area contributed by atoms with Gasteiger partial charge in [-0.1, -0.05) is 0 Å². The van der Waals surface area contributed by atoms with E-state index in [1.54, 1.807) is 18.5 Å². The maximum Gasteiger partial charge on any atom is 0.195 e. The molecule has 1 rings (SSSR count). The third-order valence-electron chi connectivity index (χ3n) is 1.06. The summed E-state index contributed by atoms with van der Waals surface area (Å²) in [6.45, 7) is 0.365. The zero-order chi connectivity index (χ0) is 7.40. The van der Waals surface area contributed by atoms with Gasteiger partial charge in [0.15, 0.2) is 5.78 Å². The molecule has 0 fully saturated rings. The lowest BCUT2D eigenvalue weighted by atomic mass is 10.3. The lowest BCUT2D eigenvalue weighted by Gasteiger charge is -1.91. The molecule has 0 aliphatic carbocycles. The first kappa shape index (κ1) is 7.37. The topological polar surface area (TPSA) is 42.0 Å². The number of carbonyl (C=O) groups excluding carboxylic acids is 1. The minimum Gasteiger partial charge on any atom is -0.313 e. The van der Waals surface area contributed by atoms with Crippen LogP contribution in [0.5, 0.6) is 0 Å². The summed E-state index contributed by atoms with van der Waals surface area (Å²) in [4.78, 5) is 11.0. The van der Waals surface area contributed by atoms with E-state index in [0.29, 0.717) is 12.2 Å². The van der Waals surface area contributed by atoms with E-state index in [9.17, 15) is 4.79 Å². The summed E-state index contributed by atoms with van der Waals surface area (Å²) in [5.41, 5.74) is 0.555. The Morgan fingerprint density at radius 3 is 3.20 bits per heavy atom. The monoisotopic (exact) mass is 156 g/mol. The van der Waals surface area contributed by atoms with Crippen LogP contribution in [0.25, 0.3) is 0 Å². The second-order valence-electron chi connectivity index (χ2n) is 1.84. The largest absolute Gasteiger partial charge is 0.313 e. The molecular formula is C6H8N2OS. The summed E-state index contributed by atoms with van der Waals surface area (Å²) in [5, 5.41) is 4.57. The normalized spacial score (nSPS) is 9.70. The van der Waals surface area contributed by atoms with Crippen molar-refractivity contribution < 1.29 is 4.79 Å². The van der Waals surface area contributed by atoms with Crippen molar-refractivity contribution in [2.75, 3.05) is 13.6 Å². The van der Waals surface area contributed by atoms with Crippen LogP contribution in [0.2, 0.25) is 0 Å². The van der Waals surface area contributed by atoms with E-state index >= 15 is 0 Å². The van der Waals surface area contributed by atoms with Crippen LogP contribution in [0.3, 0.4) is 0 Å². The molecule has 0 aromatic carbocycles. The molecule has 0 amide bonds. The van der Waals surface area contributed by atoms with Crippen LogP contribution in [0.15, 0.2) is 11.4 Å². The van der Waals surface area contributed by atoms with E-state index in [-0.39, 0.29) is 5.78 Å². The number of aromatic nitrogens is 1. The zero-order valence-electron chi connectivity index (χ0n) is 5.63. The number of rotatable bonds is 3. The Bertz CT molecular complexity index is 208. The number of ketones is 1. The predicted octanol–water partition coefficient (Wildman–Crippen LogP) is 0.545. The van der Waals surface area contributed by atoms with Crippen LogP contribution in [0.1, 0.15) is 10.5 Å². The fourth-order valence-electron chi connectivity index (χ4n) is 0.607. The fraction of sp³-hybridized carbons (Fsp3) is 0.333. The highest BCUT2D eigenvalue weighted by Gasteiger charge is 2.04. The third-order valence-corrected chi connectivity index (χ3v) is 1.62. The van der Waals surface area contributed by atoms with Crippen LogP contribution in [-0.4, -0.2) is 23.7 Å². The Labute approximate surface area is 63.2 Å². The molecule has 0 saturated carbocycles. The molecule has 0 bridgehead atoms. The van der Waals surface area contributed by atoms with Crippen molar-refractivity contribution in [2.45, 2.75) is 0 Å². The van der Waals surface area contributed by atoms with Crippen molar-refractivity contribution in [3.8, 4) is 0 Å². The molecule has 1 aromatic heterocycles. The van der Waals surface area contributed by atoms with E-state index < -0.39 is 0 Å². The summed E-state index contributed by atoms with van der Waals surface area (Å²) >= 11 is 1.30. The zero-order valence-corrected chi connectivity index (χ0v) is 6.44. The lowest BCUT2D eigenvalue weighted by molar-refractivity contribution is 0.0990. The molecule has 1 N–H and O–H groups in total. The van der Waals surface area contributed by atoms with Gasteiger partial charge in [-0.15, -0.1) is 0 Å². The molecule has 0 aliphatic heterocycles. The average molecular weight is 156 g/mol. The molecular weight excluding hydrogens is 148 g/mol. The van der Waals surface area contributed by atoms with Gasteiger partial charge < -0.3 is 5.32 Å². The van der Waals surface area contributed by atoms with Crippen molar-refractivity contribution in [1.29, 1.82) is 0 Å². The van der Waals surface area contributed by atoms with Crippen LogP contribution in [-0.2, 0) is 0 Å². The van der Waals surface area contributed by atoms with Gasteiger partial charge in [0.2, 0.25) is 0 Å². The Balaban J connectivity index is 2.59. The van der Waals surface area contributed by atoms with Gasteiger partial charge in [0.05, 0.1) is 6.54 Å². The lowest BCUT2D eigenvalue weighted by Crippen LogP contribution is -2.18. The van der Waals surface area contributed by atoms with Gasteiger partial charge in [0.25, 0.3) is 0 Å². The van der Waals surface area contributed by atoms with Crippen LogP contribution >= 0.6 is 11.5 Å². The quantitative estimate of drug-likeness (QED) is 0.650. The van der Waals surface area contributed by atoms with Gasteiger partial charge in [-0.2, -0.15) is 4.37 Å². The van der Waals surface area contributed by atoms with E-state index in [1.807, 2.05) is 0 Å². The maximum absolute atomic E-state index is 11.0. The molecule has 4 heteroatoms. The molecule has 1 heterocycles. The number of hydrogen-bond acceptors (Lipinski definition) is 4. The summed E-state index contributed by atoms with van der Waals surface area (Å²) < 4.78 is 3.89. The van der Waals surface area contributed by atoms with Crippen LogP contribution in [0.4, 0.5) is 0 Å². The van der Waals surface area contributed by atoms with Gasteiger partial charge in [0.1, 0.15) is 5.69 Å². The second-order valence-corrected chi connectivity index (χ2v) is 2.50. The molecule has 0 radical (unpaired) electrons. The highest BCUT2D eigenvalue weighted by molar-refractivity contribution is 7.03. The first-order valence-electron chi connectivity index (χ1n) is 2.93. The van der Waals surface area contributed by atoms with Gasteiger partial charge in [-0.25, -0.2) is 0 Å². The molecule has 0 aliphatic rings. The smallest absolute Gasteiger partial charge is 0.195 e. The third kappa shape index (κ3) is 1.62. The number of likely N-dealkylation sites (N-methyl/N-ethyl adjacent to an activating group) is 1. The summed E-state index contributed by atoms with van der Waals surface area (Å²) in [7, 11) is 1.74. The van der Waals surface area contributed by atoms with Gasteiger partial charge in [0, 0.05) is 5.38 Å². The predicted molar refractivity (Wildman–Crippen MR) is 40.4 cm³/mol. The Morgan fingerprint density at radius 2 is 2.70 bits per heavy atom. The summed E-state index contributed by atoms with van der Waals surface area (Å²) in [6.07, 6.45) is 0. The van der Waals surface area contributed by atoms with Gasteiger partial charge in [-0.05, 0) is 24.6 Å². The number of hydrogen-bond donors (Lipinski definition) is 1. The van der Waals surface area contributed by atoms with E-state index in [4.69, 9.17) is 0 Å². The second kappa shape index (κ2) is 3.43. The Hall–Kier alpha value is -0.740. The van der Waals surface area contributed by atoms with Crippen molar-refractivity contribution in [3.63, 3.8) is 0 Å². The van der Waals surface area contributed by atoms with Crippen LogP contribution in [0, 0.1) is 0 Å². The van der Waals surface area contributed by atoms with Crippen molar-refractivity contribution in [1.82, 2.24) is 9.69 Å². The number of carbonyl (C=O) groups is 1. The SMILES string of the molecule is CNCC(=O)c1ccsn1. The minimum absolute atomic E-state index is 0.0451. The molecule has 54 valence electrons. The van der Waals surface area contributed by atoms with E-state index in [1.165, 1.54) is 11.5 Å². The van der Waals surface area contributed by atoms with Crippen molar-refractivity contribution in [2.24, 2.45) is 0 Å². The molecule has 0 unspecified atom stereocenters. The van der Waals surface area contributed by atoms with Crippen molar-refractivity contribution in [3.05, 3.63) is 17.1 Å². The molecule has 10 heavy (non-hydrogen) atoms. The highest BCUT2D eigenvalue weighted by Crippen LogP contribution is 1.99. The standard InChI is InChI=1S/C6H8N2OS/c1-7-4-6(9)5-2-3-10-8-5/h2-3,7H,4H2,1H3. The molecule has 1 aromatic rings. The highest BCUT2D eigenvalue weighted by atomic mass is 32.1. The molecule has 0 atom stereocenters. The average Bonchev–Trinajstić information content (AvgIpc) is 2.38. The first-order valence-corrected chi connectivity index (χ1v) is 3.76. The molecule has 0 spiro atoms. The maximum atomic E-state index is 11.0. The molecule has 0 saturated heterocycles. The summed E-state index contributed by atoms with van der Waals surface area (Å²) in [6, 6.07) is 1.73.